The van der Waals surface area contributed by atoms with Crippen LogP contribution in [0.1, 0.15) is 43.9 Å². The first-order valence-corrected chi connectivity index (χ1v) is 11.3. The smallest absolute Gasteiger partial charge is 0.248 e. The number of nitrogens with one attached hydrogen (secondary N) is 1. The van der Waals surface area contributed by atoms with E-state index in [0.717, 1.165) is 30.1 Å². The van der Waals surface area contributed by atoms with E-state index in [2.05, 4.69) is 27.1 Å². The van der Waals surface area contributed by atoms with E-state index < -0.39 is 0 Å². The lowest BCUT2D eigenvalue weighted by Crippen LogP contribution is -2.51. The van der Waals surface area contributed by atoms with Crippen molar-refractivity contribution in [1.82, 2.24) is 19.8 Å². The number of anilines is 1. The number of carbonyl (C=O) groups excluding carboxylic acids is 1. The Morgan fingerprint density at radius 3 is 2.66 bits per heavy atom. The summed E-state index contributed by atoms with van der Waals surface area (Å²) in [4.78, 5) is 25.9. The van der Waals surface area contributed by atoms with Crippen LogP contribution in [0.3, 0.4) is 0 Å². The highest BCUT2D eigenvalue weighted by Gasteiger charge is 2.31. The zero-order valence-electron chi connectivity index (χ0n) is 17.9. The van der Waals surface area contributed by atoms with E-state index in [1.165, 1.54) is 45.3 Å². The topological polar surface area (TPSA) is 70.6 Å². The van der Waals surface area contributed by atoms with Crippen LogP contribution >= 0.6 is 0 Å². The Hall–Kier alpha value is -1.73. The minimum absolute atomic E-state index is 0.0161. The standard InChI is InChI=1S/C22H35N5O2/c1-3-20-16(2)10-23-22(25-20)24-11-19-14-27(21(28)15-29-19)13-18-6-8-26(9-7-18)12-17-4-5-17/h10,17-19H,3-9,11-15H2,1-2H3,(H,23,24,25)/t19-/m1/s1. The number of aromatic nitrogens is 2. The Balaban J connectivity index is 1.23. The minimum atomic E-state index is -0.0161. The van der Waals surface area contributed by atoms with E-state index in [1.54, 1.807) is 0 Å². The van der Waals surface area contributed by atoms with Crippen LogP contribution in [0.5, 0.6) is 0 Å². The van der Waals surface area contributed by atoms with Crippen molar-refractivity contribution in [2.24, 2.45) is 11.8 Å². The van der Waals surface area contributed by atoms with Gasteiger partial charge in [-0.3, -0.25) is 4.79 Å². The van der Waals surface area contributed by atoms with Gasteiger partial charge in [-0.15, -0.1) is 0 Å². The minimum Gasteiger partial charge on any atom is -0.365 e. The maximum Gasteiger partial charge on any atom is 0.248 e. The average molecular weight is 402 g/mol. The number of hydrogen-bond acceptors (Lipinski definition) is 6. The second kappa shape index (κ2) is 9.39. The van der Waals surface area contributed by atoms with Crippen LogP contribution in [0.4, 0.5) is 5.95 Å². The largest absolute Gasteiger partial charge is 0.365 e. The molecule has 7 heteroatoms. The molecule has 3 aliphatic rings. The first-order chi connectivity index (χ1) is 14.1. The average Bonchev–Trinajstić information content (AvgIpc) is 3.55. The Bertz CT molecular complexity index is 700. The first-order valence-electron chi connectivity index (χ1n) is 11.3. The van der Waals surface area contributed by atoms with Crippen LogP contribution in [0.15, 0.2) is 6.20 Å². The highest BCUT2D eigenvalue weighted by molar-refractivity contribution is 5.78. The molecule has 1 aromatic heterocycles. The molecule has 2 saturated heterocycles. The SMILES string of the molecule is CCc1nc(NC[C@@H]2CN(CC3CCN(CC4CC4)CC3)C(=O)CO2)ncc1C. The summed E-state index contributed by atoms with van der Waals surface area (Å²) in [6.07, 6.45) is 7.99. The van der Waals surface area contributed by atoms with E-state index in [1.807, 2.05) is 18.0 Å². The second-order valence-corrected chi connectivity index (χ2v) is 8.98. The van der Waals surface area contributed by atoms with E-state index >= 15 is 0 Å². The number of piperidine rings is 1. The lowest BCUT2D eigenvalue weighted by molar-refractivity contribution is -0.149. The molecular weight excluding hydrogens is 366 g/mol. The van der Waals surface area contributed by atoms with Crippen molar-refractivity contribution in [3.05, 3.63) is 17.5 Å². The lowest BCUT2D eigenvalue weighted by Gasteiger charge is -2.38. The molecule has 3 fully saturated rings. The van der Waals surface area contributed by atoms with Gasteiger partial charge in [-0.25, -0.2) is 9.97 Å². The molecule has 1 aromatic rings. The summed E-state index contributed by atoms with van der Waals surface area (Å²) in [5.74, 6) is 2.35. The number of amides is 1. The molecule has 1 atom stereocenters. The number of carbonyl (C=O) groups is 1. The third kappa shape index (κ3) is 5.66. The maximum atomic E-state index is 12.4. The molecule has 0 unspecified atom stereocenters. The first kappa shape index (κ1) is 20.5. The summed E-state index contributed by atoms with van der Waals surface area (Å²) in [7, 11) is 0. The summed E-state index contributed by atoms with van der Waals surface area (Å²) in [5.41, 5.74) is 2.18. The van der Waals surface area contributed by atoms with Crippen LogP contribution in [-0.4, -0.2) is 77.7 Å². The Kier molecular flexibility index (Phi) is 6.65. The van der Waals surface area contributed by atoms with Crippen LogP contribution in [0.25, 0.3) is 0 Å². The molecule has 0 aromatic carbocycles. The number of rotatable bonds is 8. The zero-order valence-corrected chi connectivity index (χ0v) is 17.9. The van der Waals surface area contributed by atoms with Gasteiger partial charge in [-0.05, 0) is 69.5 Å². The number of aryl methyl sites for hydroxylation is 2. The number of ether oxygens (including phenoxy) is 1. The molecule has 3 heterocycles. The number of nitrogens with zero attached hydrogens (tertiary/aromatic N) is 4. The molecule has 1 aliphatic carbocycles. The molecular formula is C22H35N5O2. The Labute approximate surface area is 174 Å². The van der Waals surface area contributed by atoms with Gasteiger partial charge in [0.25, 0.3) is 0 Å². The lowest BCUT2D eigenvalue weighted by atomic mass is 9.95. The molecule has 160 valence electrons. The van der Waals surface area contributed by atoms with Gasteiger partial charge in [0.2, 0.25) is 11.9 Å². The summed E-state index contributed by atoms with van der Waals surface area (Å²) < 4.78 is 5.76. The summed E-state index contributed by atoms with van der Waals surface area (Å²) in [5, 5.41) is 3.29. The molecule has 7 nitrogen and oxygen atoms in total. The van der Waals surface area contributed by atoms with Crippen molar-refractivity contribution in [2.75, 3.05) is 51.2 Å². The zero-order chi connectivity index (χ0) is 20.2. The Morgan fingerprint density at radius 2 is 1.93 bits per heavy atom. The monoisotopic (exact) mass is 401 g/mol. The van der Waals surface area contributed by atoms with Crippen molar-refractivity contribution < 1.29 is 9.53 Å². The normalized spacial score (nSPS) is 24.1. The molecule has 0 bridgehead atoms. The van der Waals surface area contributed by atoms with Crippen molar-refractivity contribution in [3.63, 3.8) is 0 Å². The quantitative estimate of drug-likeness (QED) is 0.719. The molecule has 0 radical (unpaired) electrons. The summed E-state index contributed by atoms with van der Waals surface area (Å²) in [6.45, 7) is 10.1. The number of likely N-dealkylation sites (tertiary alicyclic amines) is 1. The van der Waals surface area contributed by atoms with Gasteiger partial charge in [0.05, 0.1) is 6.10 Å². The van der Waals surface area contributed by atoms with Gasteiger partial charge >= 0.3 is 0 Å². The maximum absolute atomic E-state index is 12.4. The van der Waals surface area contributed by atoms with Gasteiger partial charge in [-0.2, -0.15) is 0 Å². The van der Waals surface area contributed by atoms with Crippen LogP contribution < -0.4 is 5.32 Å². The third-order valence-corrected chi connectivity index (χ3v) is 6.52. The fourth-order valence-corrected chi connectivity index (χ4v) is 4.43. The number of morpholine rings is 1. The fourth-order valence-electron chi connectivity index (χ4n) is 4.43. The predicted molar refractivity (Wildman–Crippen MR) is 113 cm³/mol. The molecule has 1 N–H and O–H groups in total. The van der Waals surface area contributed by atoms with Crippen molar-refractivity contribution >= 4 is 11.9 Å². The van der Waals surface area contributed by atoms with Gasteiger partial charge in [0.15, 0.2) is 0 Å². The van der Waals surface area contributed by atoms with E-state index in [0.29, 0.717) is 25.0 Å². The molecule has 1 saturated carbocycles. The summed E-state index contributed by atoms with van der Waals surface area (Å²) in [6, 6.07) is 0. The van der Waals surface area contributed by atoms with E-state index in [-0.39, 0.29) is 18.6 Å². The molecule has 0 spiro atoms. The molecule has 4 rings (SSSR count). The number of hydrogen-bond donors (Lipinski definition) is 1. The van der Waals surface area contributed by atoms with Gasteiger partial charge < -0.3 is 19.9 Å². The predicted octanol–water partition coefficient (Wildman–Crippen LogP) is 2.11. The van der Waals surface area contributed by atoms with E-state index in [9.17, 15) is 4.79 Å². The van der Waals surface area contributed by atoms with Gasteiger partial charge in [0.1, 0.15) is 6.61 Å². The van der Waals surface area contributed by atoms with Crippen LogP contribution in [-0.2, 0) is 16.0 Å². The highest BCUT2D eigenvalue weighted by Crippen LogP contribution is 2.31. The molecule has 29 heavy (non-hydrogen) atoms. The molecule has 2 aliphatic heterocycles. The van der Waals surface area contributed by atoms with Gasteiger partial charge in [-0.1, -0.05) is 6.92 Å². The third-order valence-electron chi connectivity index (χ3n) is 6.52. The van der Waals surface area contributed by atoms with Crippen molar-refractivity contribution in [2.45, 2.75) is 52.1 Å². The highest BCUT2D eigenvalue weighted by atomic mass is 16.5. The van der Waals surface area contributed by atoms with Gasteiger partial charge in [0, 0.05) is 38.1 Å². The van der Waals surface area contributed by atoms with Crippen LogP contribution in [0.2, 0.25) is 0 Å². The summed E-state index contributed by atoms with van der Waals surface area (Å²) >= 11 is 0. The fraction of sp³-hybridized carbons (Fsp3) is 0.773. The molecule has 1 amide bonds. The van der Waals surface area contributed by atoms with Crippen molar-refractivity contribution in [3.8, 4) is 0 Å². The van der Waals surface area contributed by atoms with E-state index in [4.69, 9.17) is 4.74 Å². The van der Waals surface area contributed by atoms with Crippen molar-refractivity contribution in [1.29, 1.82) is 0 Å². The van der Waals surface area contributed by atoms with Crippen LogP contribution in [0, 0.1) is 18.8 Å². The second-order valence-electron chi connectivity index (χ2n) is 8.98. The Morgan fingerprint density at radius 1 is 1.17 bits per heavy atom.